The summed E-state index contributed by atoms with van der Waals surface area (Å²) in [5.41, 5.74) is 0. The zero-order valence-electron chi connectivity index (χ0n) is 10.7. The van der Waals surface area contributed by atoms with E-state index in [2.05, 4.69) is 19.6 Å². The highest BCUT2D eigenvalue weighted by atomic mass is 28.3. The fourth-order valence-electron chi connectivity index (χ4n) is 1.95. The summed E-state index contributed by atoms with van der Waals surface area (Å²) in [5, 5.41) is 9.48. The highest BCUT2D eigenvalue weighted by Crippen LogP contribution is 2.25. The van der Waals surface area contributed by atoms with Crippen molar-refractivity contribution in [3.8, 4) is 0 Å². The normalized spacial score (nSPS) is 26.5. The number of carbonyl (C=O) groups excluding carboxylic acids is 1. The van der Waals surface area contributed by atoms with Crippen LogP contribution < -0.4 is 0 Å². The van der Waals surface area contributed by atoms with E-state index in [0.717, 1.165) is 25.3 Å². The molecule has 1 rings (SSSR count). The van der Waals surface area contributed by atoms with E-state index in [9.17, 15) is 9.90 Å². The van der Waals surface area contributed by atoms with Crippen LogP contribution >= 0.6 is 0 Å². The molecular weight excluding hydrogens is 220 g/mol. The summed E-state index contributed by atoms with van der Waals surface area (Å²) in [5.74, 6) is -0.164. The molecule has 0 radical (unpaired) electrons. The third kappa shape index (κ3) is 5.12. The second kappa shape index (κ2) is 5.82. The van der Waals surface area contributed by atoms with Crippen molar-refractivity contribution < 1.29 is 14.6 Å². The third-order valence-electron chi connectivity index (χ3n) is 3.08. The van der Waals surface area contributed by atoms with Crippen LogP contribution in [0.3, 0.4) is 0 Å². The fourth-order valence-corrected chi connectivity index (χ4v) is 2.67. The Morgan fingerprint density at radius 3 is 2.62 bits per heavy atom. The van der Waals surface area contributed by atoms with Crippen molar-refractivity contribution in [1.82, 2.24) is 0 Å². The second-order valence-electron chi connectivity index (χ2n) is 6.00. The molecule has 1 aliphatic rings. The maximum atomic E-state index is 11.7. The van der Waals surface area contributed by atoms with Gasteiger partial charge in [-0.2, -0.15) is 0 Å². The van der Waals surface area contributed by atoms with Crippen molar-refractivity contribution in [2.24, 2.45) is 5.92 Å². The van der Waals surface area contributed by atoms with Gasteiger partial charge in [-0.05, 0) is 25.3 Å². The Morgan fingerprint density at radius 1 is 1.38 bits per heavy atom. The van der Waals surface area contributed by atoms with Crippen LogP contribution in [0.1, 0.15) is 25.7 Å². The molecular formula is C12H24O3Si. The van der Waals surface area contributed by atoms with Crippen LogP contribution in [-0.2, 0) is 9.53 Å². The Bertz CT molecular complexity index is 235. The molecule has 0 heterocycles. The molecule has 0 aromatic heterocycles. The number of rotatable bonds is 4. The van der Waals surface area contributed by atoms with E-state index in [1.54, 1.807) is 0 Å². The number of carbonyl (C=O) groups is 1. The van der Waals surface area contributed by atoms with Gasteiger partial charge < -0.3 is 9.84 Å². The number of hydrogen-bond acceptors (Lipinski definition) is 3. The molecule has 1 fully saturated rings. The van der Waals surface area contributed by atoms with E-state index in [1.165, 1.54) is 0 Å². The van der Waals surface area contributed by atoms with Gasteiger partial charge in [-0.3, -0.25) is 4.79 Å². The van der Waals surface area contributed by atoms with Gasteiger partial charge >= 0.3 is 5.97 Å². The third-order valence-corrected chi connectivity index (χ3v) is 4.78. The van der Waals surface area contributed by atoms with Crippen LogP contribution in [0.25, 0.3) is 0 Å². The Kier molecular flexibility index (Phi) is 4.99. The second-order valence-corrected chi connectivity index (χ2v) is 11.6. The number of esters is 1. The van der Waals surface area contributed by atoms with Crippen molar-refractivity contribution in [2.45, 2.75) is 57.5 Å². The first kappa shape index (κ1) is 13.7. The van der Waals surface area contributed by atoms with Gasteiger partial charge in [-0.25, -0.2) is 0 Å². The maximum Gasteiger partial charge on any atom is 0.309 e. The molecule has 0 spiro atoms. The number of hydrogen-bond donors (Lipinski definition) is 1. The standard InChI is InChI=1S/C12H24O3Si/c1-16(2,3)8-7-15-12(14)10-5-4-6-11(13)9-10/h10-11,13H,4-9H2,1-3H3. The summed E-state index contributed by atoms with van der Waals surface area (Å²) in [6, 6.07) is 1.02. The molecule has 4 heteroatoms. The summed E-state index contributed by atoms with van der Waals surface area (Å²) in [6.45, 7) is 7.36. The molecule has 1 saturated carbocycles. The quantitative estimate of drug-likeness (QED) is 0.610. The maximum absolute atomic E-state index is 11.7. The zero-order valence-corrected chi connectivity index (χ0v) is 11.7. The first-order chi connectivity index (χ1) is 7.38. The van der Waals surface area contributed by atoms with Crippen LogP contribution in [0.5, 0.6) is 0 Å². The molecule has 0 aromatic rings. The molecule has 0 aromatic carbocycles. The lowest BCUT2D eigenvalue weighted by molar-refractivity contribution is -0.150. The lowest BCUT2D eigenvalue weighted by Gasteiger charge is -2.24. The van der Waals surface area contributed by atoms with Crippen molar-refractivity contribution in [2.75, 3.05) is 6.61 Å². The van der Waals surface area contributed by atoms with Crippen molar-refractivity contribution in [3.05, 3.63) is 0 Å². The molecule has 0 amide bonds. The molecule has 2 unspecified atom stereocenters. The number of aliphatic hydroxyl groups excluding tert-OH is 1. The summed E-state index contributed by atoms with van der Waals surface area (Å²) in [4.78, 5) is 11.7. The molecule has 3 nitrogen and oxygen atoms in total. The molecule has 0 bridgehead atoms. The lowest BCUT2D eigenvalue weighted by atomic mass is 9.87. The average Bonchev–Trinajstić information content (AvgIpc) is 2.15. The van der Waals surface area contributed by atoms with Crippen molar-refractivity contribution >= 4 is 14.0 Å². The lowest BCUT2D eigenvalue weighted by Crippen LogP contribution is -2.29. The van der Waals surface area contributed by atoms with Gasteiger partial charge in [-0.15, -0.1) is 0 Å². The van der Waals surface area contributed by atoms with Gasteiger partial charge in [0.2, 0.25) is 0 Å². The van der Waals surface area contributed by atoms with E-state index >= 15 is 0 Å². The van der Waals surface area contributed by atoms with Gasteiger partial charge in [0.25, 0.3) is 0 Å². The number of aliphatic hydroxyl groups is 1. The topological polar surface area (TPSA) is 46.5 Å². The molecule has 2 atom stereocenters. The Labute approximate surface area is 99.2 Å². The highest BCUT2D eigenvalue weighted by Gasteiger charge is 2.27. The summed E-state index contributed by atoms with van der Waals surface area (Å²) in [6.07, 6.45) is 2.94. The van der Waals surface area contributed by atoms with Crippen LogP contribution in [-0.4, -0.2) is 31.9 Å². The first-order valence-corrected chi connectivity index (χ1v) is 9.94. The smallest absolute Gasteiger partial charge is 0.309 e. The average molecular weight is 244 g/mol. The van der Waals surface area contributed by atoms with Crippen molar-refractivity contribution in [1.29, 1.82) is 0 Å². The minimum Gasteiger partial charge on any atom is -0.466 e. The molecule has 1 N–H and O–H groups in total. The van der Waals surface area contributed by atoms with E-state index in [4.69, 9.17) is 4.74 Å². The van der Waals surface area contributed by atoms with Crippen molar-refractivity contribution in [3.63, 3.8) is 0 Å². The van der Waals surface area contributed by atoms with Gasteiger partial charge in [0.1, 0.15) is 0 Å². The molecule has 94 valence electrons. The molecule has 0 aliphatic heterocycles. The van der Waals surface area contributed by atoms with E-state index in [1.807, 2.05) is 0 Å². The largest absolute Gasteiger partial charge is 0.466 e. The molecule has 0 saturated heterocycles. The Balaban J connectivity index is 2.24. The SMILES string of the molecule is C[Si](C)(C)CCOC(=O)C1CCCC(O)C1. The van der Waals surface area contributed by atoms with Crippen LogP contribution in [0.2, 0.25) is 25.7 Å². The van der Waals surface area contributed by atoms with E-state index in [-0.39, 0.29) is 18.0 Å². The van der Waals surface area contributed by atoms with Crippen LogP contribution in [0.4, 0.5) is 0 Å². The Morgan fingerprint density at radius 2 is 2.06 bits per heavy atom. The van der Waals surface area contributed by atoms with Gasteiger partial charge in [-0.1, -0.05) is 26.1 Å². The van der Waals surface area contributed by atoms with E-state index in [0.29, 0.717) is 13.0 Å². The Hall–Kier alpha value is -0.353. The van der Waals surface area contributed by atoms with Gasteiger partial charge in [0.05, 0.1) is 18.6 Å². The fraction of sp³-hybridized carbons (Fsp3) is 0.917. The van der Waals surface area contributed by atoms with Gasteiger partial charge in [0, 0.05) is 8.07 Å². The van der Waals surface area contributed by atoms with E-state index < -0.39 is 8.07 Å². The van der Waals surface area contributed by atoms with Crippen LogP contribution in [0.15, 0.2) is 0 Å². The molecule has 16 heavy (non-hydrogen) atoms. The summed E-state index contributed by atoms with van der Waals surface area (Å²) < 4.78 is 5.29. The van der Waals surface area contributed by atoms with Gasteiger partial charge in [0.15, 0.2) is 0 Å². The molecule has 1 aliphatic carbocycles. The zero-order chi connectivity index (χ0) is 12.2. The monoisotopic (exact) mass is 244 g/mol. The minimum atomic E-state index is -1.11. The highest BCUT2D eigenvalue weighted by molar-refractivity contribution is 6.76. The summed E-state index contributed by atoms with van der Waals surface area (Å²) in [7, 11) is -1.11. The number of ether oxygens (including phenoxy) is 1. The predicted molar refractivity (Wildman–Crippen MR) is 67.1 cm³/mol. The van der Waals surface area contributed by atoms with Crippen LogP contribution in [0, 0.1) is 5.92 Å². The first-order valence-electron chi connectivity index (χ1n) is 6.23. The summed E-state index contributed by atoms with van der Waals surface area (Å²) >= 11 is 0. The minimum absolute atomic E-state index is 0.0645. The predicted octanol–water partition coefficient (Wildman–Crippen LogP) is 2.42.